The molecule has 0 fully saturated rings. The maximum absolute atomic E-state index is 13.3. The van der Waals surface area contributed by atoms with E-state index in [1.54, 1.807) is 48.2 Å². The van der Waals surface area contributed by atoms with Crippen LogP contribution in [0.4, 0.5) is 11.4 Å². The predicted octanol–water partition coefficient (Wildman–Crippen LogP) is 4.17. The van der Waals surface area contributed by atoms with Crippen LogP contribution in [-0.2, 0) is 32.5 Å². The molecule has 0 saturated carbocycles. The Bertz CT molecular complexity index is 1330. The molecular weight excluding hydrogens is 486 g/mol. The first-order valence-corrected chi connectivity index (χ1v) is 13.2. The Morgan fingerprint density at radius 3 is 2.43 bits per heavy atom. The smallest absolute Gasteiger partial charge is 0.242 e. The van der Waals surface area contributed by atoms with Gasteiger partial charge in [-0.25, -0.2) is 8.42 Å². The Morgan fingerprint density at radius 1 is 1.03 bits per heavy atom. The first-order valence-electron chi connectivity index (χ1n) is 11.3. The standard InChI is InChI=1S/C26H26ClN3O4S/c1-2-25(31)30-15-14-19-17-22(12-13-24(19)30)35(33,34)29-23(16-18-6-4-3-5-7-18)26(32)28-21-10-8-20(27)9-11-21/h3-13,17,23,29H,2,14-16H2,1H3,(H,28,32). The summed E-state index contributed by atoms with van der Waals surface area (Å²) in [5.41, 5.74) is 2.85. The quantitative estimate of drug-likeness (QED) is 0.474. The molecule has 0 saturated heterocycles. The molecule has 182 valence electrons. The molecule has 4 rings (SSSR count). The van der Waals surface area contributed by atoms with E-state index < -0.39 is 22.0 Å². The number of sulfonamides is 1. The van der Waals surface area contributed by atoms with Crippen LogP contribution in [0.2, 0.25) is 5.02 Å². The van der Waals surface area contributed by atoms with Crippen molar-refractivity contribution >= 4 is 44.8 Å². The minimum atomic E-state index is -4.02. The van der Waals surface area contributed by atoms with Crippen molar-refractivity contribution in [1.29, 1.82) is 0 Å². The van der Waals surface area contributed by atoms with Crippen molar-refractivity contribution in [3.05, 3.63) is 88.9 Å². The van der Waals surface area contributed by atoms with Gasteiger partial charge in [0.15, 0.2) is 0 Å². The van der Waals surface area contributed by atoms with Gasteiger partial charge < -0.3 is 10.2 Å². The molecule has 0 radical (unpaired) electrons. The molecule has 1 unspecified atom stereocenters. The number of anilines is 2. The van der Waals surface area contributed by atoms with E-state index in [-0.39, 0.29) is 17.2 Å². The first kappa shape index (κ1) is 24.9. The Kier molecular flexibility index (Phi) is 7.54. The highest BCUT2D eigenvalue weighted by molar-refractivity contribution is 7.89. The number of nitrogens with zero attached hydrogens (tertiary/aromatic N) is 1. The minimum Gasteiger partial charge on any atom is -0.325 e. The molecule has 1 heterocycles. The number of nitrogens with one attached hydrogen (secondary N) is 2. The summed E-state index contributed by atoms with van der Waals surface area (Å²) >= 11 is 5.92. The Labute approximate surface area is 210 Å². The van der Waals surface area contributed by atoms with Crippen LogP contribution in [0.5, 0.6) is 0 Å². The van der Waals surface area contributed by atoms with Crippen LogP contribution in [0.3, 0.4) is 0 Å². The molecule has 35 heavy (non-hydrogen) atoms. The maximum Gasteiger partial charge on any atom is 0.242 e. The number of hydrogen-bond acceptors (Lipinski definition) is 4. The van der Waals surface area contributed by atoms with Gasteiger partial charge in [-0.2, -0.15) is 4.72 Å². The lowest BCUT2D eigenvalue weighted by atomic mass is 10.1. The summed E-state index contributed by atoms with van der Waals surface area (Å²) in [6, 6.07) is 19.4. The van der Waals surface area contributed by atoms with E-state index in [9.17, 15) is 18.0 Å². The van der Waals surface area contributed by atoms with Gasteiger partial charge in [0.1, 0.15) is 6.04 Å². The highest BCUT2D eigenvalue weighted by Crippen LogP contribution is 2.30. The number of hydrogen-bond donors (Lipinski definition) is 2. The zero-order valence-electron chi connectivity index (χ0n) is 19.2. The molecule has 2 amide bonds. The Morgan fingerprint density at radius 2 is 1.74 bits per heavy atom. The summed E-state index contributed by atoms with van der Waals surface area (Å²) in [5.74, 6) is -0.486. The van der Waals surface area contributed by atoms with Crippen molar-refractivity contribution in [3.63, 3.8) is 0 Å². The van der Waals surface area contributed by atoms with Crippen molar-refractivity contribution in [2.75, 3.05) is 16.8 Å². The molecule has 0 aliphatic carbocycles. The fourth-order valence-electron chi connectivity index (χ4n) is 4.05. The molecule has 0 spiro atoms. The molecule has 3 aromatic rings. The SMILES string of the molecule is CCC(=O)N1CCc2cc(S(=O)(=O)NC(Cc3ccccc3)C(=O)Nc3ccc(Cl)cc3)ccc21. The average molecular weight is 512 g/mol. The molecule has 1 atom stereocenters. The fourth-order valence-corrected chi connectivity index (χ4v) is 5.42. The number of halogens is 1. The monoisotopic (exact) mass is 511 g/mol. The van der Waals surface area contributed by atoms with E-state index in [2.05, 4.69) is 10.0 Å². The third-order valence-corrected chi connectivity index (χ3v) is 7.59. The van der Waals surface area contributed by atoms with Crippen molar-refractivity contribution in [2.24, 2.45) is 0 Å². The number of rotatable bonds is 8. The fraction of sp³-hybridized carbons (Fsp3) is 0.231. The van der Waals surface area contributed by atoms with Crippen LogP contribution in [0, 0.1) is 0 Å². The summed E-state index contributed by atoms with van der Waals surface area (Å²) in [5, 5.41) is 3.29. The van der Waals surface area contributed by atoms with E-state index in [0.717, 1.165) is 16.8 Å². The molecular formula is C26H26ClN3O4S. The van der Waals surface area contributed by atoms with E-state index in [1.807, 2.05) is 30.3 Å². The number of carbonyl (C=O) groups is 2. The molecule has 1 aliphatic heterocycles. The second-order valence-electron chi connectivity index (χ2n) is 8.30. The Balaban J connectivity index is 1.58. The second-order valence-corrected chi connectivity index (χ2v) is 10.4. The van der Waals surface area contributed by atoms with Crippen LogP contribution in [0.1, 0.15) is 24.5 Å². The number of benzene rings is 3. The van der Waals surface area contributed by atoms with E-state index in [4.69, 9.17) is 11.6 Å². The largest absolute Gasteiger partial charge is 0.325 e. The maximum atomic E-state index is 13.3. The minimum absolute atomic E-state index is 0.000669. The third kappa shape index (κ3) is 5.90. The number of carbonyl (C=O) groups excluding carboxylic acids is 2. The van der Waals surface area contributed by atoms with E-state index in [1.165, 1.54) is 6.07 Å². The van der Waals surface area contributed by atoms with Crippen LogP contribution in [-0.4, -0.2) is 32.8 Å². The van der Waals surface area contributed by atoms with Gasteiger partial charge in [0.05, 0.1) is 4.90 Å². The zero-order chi connectivity index (χ0) is 25.0. The lowest BCUT2D eigenvalue weighted by Crippen LogP contribution is -2.45. The second kappa shape index (κ2) is 10.6. The topological polar surface area (TPSA) is 95.6 Å². The van der Waals surface area contributed by atoms with Crippen LogP contribution < -0.4 is 14.9 Å². The van der Waals surface area contributed by atoms with Crippen molar-refractivity contribution in [3.8, 4) is 0 Å². The van der Waals surface area contributed by atoms with Crippen molar-refractivity contribution in [2.45, 2.75) is 37.1 Å². The van der Waals surface area contributed by atoms with Gasteiger partial charge in [-0.1, -0.05) is 48.9 Å². The highest BCUT2D eigenvalue weighted by atomic mass is 35.5. The molecule has 0 bridgehead atoms. The summed E-state index contributed by atoms with van der Waals surface area (Å²) in [4.78, 5) is 27.0. The van der Waals surface area contributed by atoms with Crippen LogP contribution >= 0.6 is 11.6 Å². The van der Waals surface area contributed by atoms with Crippen molar-refractivity contribution < 1.29 is 18.0 Å². The van der Waals surface area contributed by atoms with Crippen LogP contribution in [0.15, 0.2) is 77.7 Å². The predicted molar refractivity (Wildman–Crippen MR) is 137 cm³/mol. The van der Waals surface area contributed by atoms with Gasteiger partial charge in [-0.05, 0) is 66.4 Å². The summed E-state index contributed by atoms with van der Waals surface area (Å²) in [6.07, 6.45) is 1.13. The summed E-state index contributed by atoms with van der Waals surface area (Å²) in [6.45, 7) is 2.32. The molecule has 1 aliphatic rings. The molecule has 0 aromatic heterocycles. The normalized spacial score (nSPS) is 13.8. The molecule has 9 heteroatoms. The Hall–Kier alpha value is -3.20. The summed E-state index contributed by atoms with van der Waals surface area (Å²) < 4.78 is 29.2. The van der Waals surface area contributed by atoms with Gasteiger partial charge >= 0.3 is 0 Å². The van der Waals surface area contributed by atoms with Gasteiger partial charge in [0, 0.05) is 29.4 Å². The third-order valence-electron chi connectivity index (χ3n) is 5.87. The van der Waals surface area contributed by atoms with Crippen molar-refractivity contribution in [1.82, 2.24) is 4.72 Å². The van der Waals surface area contributed by atoms with Gasteiger partial charge in [0.25, 0.3) is 0 Å². The van der Waals surface area contributed by atoms with Gasteiger partial charge in [0.2, 0.25) is 21.8 Å². The van der Waals surface area contributed by atoms with E-state index >= 15 is 0 Å². The number of amides is 2. The summed E-state index contributed by atoms with van der Waals surface area (Å²) in [7, 11) is -4.02. The van der Waals surface area contributed by atoms with Gasteiger partial charge in [-0.3, -0.25) is 9.59 Å². The molecule has 3 aromatic carbocycles. The lowest BCUT2D eigenvalue weighted by Gasteiger charge is -2.20. The van der Waals surface area contributed by atoms with Crippen LogP contribution in [0.25, 0.3) is 0 Å². The average Bonchev–Trinajstić information content (AvgIpc) is 3.28. The van der Waals surface area contributed by atoms with E-state index in [0.29, 0.717) is 30.1 Å². The number of fused-ring (bicyclic) bond motifs is 1. The lowest BCUT2D eigenvalue weighted by molar-refractivity contribution is -0.118. The van der Waals surface area contributed by atoms with Gasteiger partial charge in [-0.15, -0.1) is 0 Å². The molecule has 2 N–H and O–H groups in total. The molecule has 7 nitrogen and oxygen atoms in total. The zero-order valence-corrected chi connectivity index (χ0v) is 20.8. The highest BCUT2D eigenvalue weighted by Gasteiger charge is 2.29. The first-order chi connectivity index (χ1) is 16.8.